The molecule has 1 heterocycles. The summed E-state index contributed by atoms with van der Waals surface area (Å²) in [5, 5.41) is 3.88. The summed E-state index contributed by atoms with van der Waals surface area (Å²) in [6.07, 6.45) is 9.50. The molecule has 0 bridgehead atoms. The van der Waals surface area contributed by atoms with Gasteiger partial charge in [0.25, 0.3) is 0 Å². The molecule has 2 fully saturated rings. The van der Waals surface area contributed by atoms with Crippen molar-refractivity contribution < 1.29 is 0 Å². The van der Waals surface area contributed by atoms with Crippen LogP contribution in [0.5, 0.6) is 0 Å². The zero-order valence-electron chi connectivity index (χ0n) is 11.5. The minimum absolute atomic E-state index is 0.611. The van der Waals surface area contributed by atoms with Crippen LogP contribution in [0.1, 0.15) is 62.6 Å². The molecule has 0 spiro atoms. The number of hydrogen-bond donors (Lipinski definition) is 1. The van der Waals surface area contributed by atoms with E-state index >= 15 is 0 Å². The van der Waals surface area contributed by atoms with Crippen molar-refractivity contribution in [3.8, 4) is 0 Å². The second-order valence-corrected chi connectivity index (χ2v) is 6.09. The van der Waals surface area contributed by atoms with E-state index in [2.05, 4.69) is 36.5 Å². The number of benzene rings is 1. The first kappa shape index (κ1) is 12.2. The number of rotatable bonds is 3. The second-order valence-electron chi connectivity index (χ2n) is 6.09. The number of aryl methyl sites for hydroxylation is 1. The first-order chi connectivity index (χ1) is 8.86. The van der Waals surface area contributed by atoms with E-state index in [-0.39, 0.29) is 0 Å². The fourth-order valence-corrected chi connectivity index (χ4v) is 3.79. The van der Waals surface area contributed by atoms with Gasteiger partial charge in [0.15, 0.2) is 0 Å². The maximum absolute atomic E-state index is 3.88. The van der Waals surface area contributed by atoms with Crippen molar-refractivity contribution in [2.75, 3.05) is 0 Å². The fraction of sp³-hybridized carbons (Fsp3) is 0.647. The first-order valence-corrected chi connectivity index (χ1v) is 7.71. The maximum atomic E-state index is 3.88. The van der Waals surface area contributed by atoms with Crippen LogP contribution in [0.4, 0.5) is 0 Å². The SMILES string of the molecule is CCCc1ccc(C2CCC3CCCC3N2)cc1. The van der Waals surface area contributed by atoms with Crippen LogP contribution in [0.15, 0.2) is 24.3 Å². The Morgan fingerprint density at radius 3 is 2.67 bits per heavy atom. The highest BCUT2D eigenvalue weighted by Crippen LogP contribution is 2.37. The predicted octanol–water partition coefficient (Wildman–Crippen LogP) is 4.23. The van der Waals surface area contributed by atoms with E-state index in [4.69, 9.17) is 0 Å². The lowest BCUT2D eigenvalue weighted by molar-refractivity contribution is 0.261. The molecule has 2 aliphatic rings. The van der Waals surface area contributed by atoms with Gasteiger partial charge < -0.3 is 5.32 Å². The zero-order valence-corrected chi connectivity index (χ0v) is 11.5. The largest absolute Gasteiger partial charge is 0.307 e. The monoisotopic (exact) mass is 243 g/mol. The second kappa shape index (κ2) is 5.44. The average Bonchev–Trinajstić information content (AvgIpc) is 2.87. The van der Waals surface area contributed by atoms with Crippen molar-refractivity contribution in [3.63, 3.8) is 0 Å². The summed E-state index contributed by atoms with van der Waals surface area (Å²) in [6.45, 7) is 2.25. The molecule has 1 saturated heterocycles. The van der Waals surface area contributed by atoms with E-state index in [9.17, 15) is 0 Å². The third-order valence-corrected chi connectivity index (χ3v) is 4.82. The molecule has 3 unspecified atom stereocenters. The van der Waals surface area contributed by atoms with Gasteiger partial charge in [-0.15, -0.1) is 0 Å². The summed E-state index contributed by atoms with van der Waals surface area (Å²) in [6, 6.07) is 10.7. The zero-order chi connectivity index (χ0) is 12.4. The van der Waals surface area contributed by atoms with Gasteiger partial charge in [0.05, 0.1) is 0 Å². The summed E-state index contributed by atoms with van der Waals surface area (Å²) < 4.78 is 0. The third-order valence-electron chi connectivity index (χ3n) is 4.82. The highest BCUT2D eigenvalue weighted by atomic mass is 15.0. The molecule has 1 nitrogen and oxygen atoms in total. The van der Waals surface area contributed by atoms with Crippen LogP contribution < -0.4 is 5.32 Å². The van der Waals surface area contributed by atoms with Gasteiger partial charge in [0.1, 0.15) is 0 Å². The van der Waals surface area contributed by atoms with Crippen LogP contribution in [0.3, 0.4) is 0 Å². The Kier molecular flexibility index (Phi) is 3.69. The predicted molar refractivity (Wildman–Crippen MR) is 76.7 cm³/mol. The van der Waals surface area contributed by atoms with E-state index in [1.165, 1.54) is 56.1 Å². The van der Waals surface area contributed by atoms with Crippen molar-refractivity contribution in [1.29, 1.82) is 0 Å². The van der Waals surface area contributed by atoms with E-state index < -0.39 is 0 Å². The van der Waals surface area contributed by atoms with Gasteiger partial charge in [-0.05, 0) is 49.1 Å². The standard InChI is InChI=1S/C17H25N/c1-2-4-13-7-9-15(10-8-13)17-12-11-14-5-3-6-16(14)18-17/h7-10,14,16-18H,2-6,11-12H2,1H3. The molecule has 1 saturated carbocycles. The van der Waals surface area contributed by atoms with Crippen LogP contribution >= 0.6 is 0 Å². The Morgan fingerprint density at radius 1 is 1.06 bits per heavy atom. The lowest BCUT2D eigenvalue weighted by Crippen LogP contribution is -2.40. The van der Waals surface area contributed by atoms with Gasteiger partial charge in [-0.25, -0.2) is 0 Å². The van der Waals surface area contributed by atoms with Gasteiger partial charge in [0, 0.05) is 12.1 Å². The summed E-state index contributed by atoms with van der Waals surface area (Å²) >= 11 is 0. The quantitative estimate of drug-likeness (QED) is 0.837. The molecule has 0 amide bonds. The van der Waals surface area contributed by atoms with Crippen LogP contribution in [0, 0.1) is 5.92 Å². The van der Waals surface area contributed by atoms with Gasteiger partial charge in [-0.1, -0.05) is 44.0 Å². The molecule has 3 atom stereocenters. The summed E-state index contributed by atoms with van der Waals surface area (Å²) in [4.78, 5) is 0. The minimum Gasteiger partial charge on any atom is -0.307 e. The minimum atomic E-state index is 0.611. The van der Waals surface area contributed by atoms with Crippen LogP contribution in [-0.4, -0.2) is 6.04 Å². The van der Waals surface area contributed by atoms with Crippen LogP contribution in [0.25, 0.3) is 0 Å². The molecule has 18 heavy (non-hydrogen) atoms. The molecule has 1 heteroatoms. The highest BCUT2D eigenvalue weighted by Gasteiger charge is 2.33. The van der Waals surface area contributed by atoms with Gasteiger partial charge >= 0.3 is 0 Å². The van der Waals surface area contributed by atoms with E-state index in [1.807, 2.05) is 0 Å². The Labute approximate surface area is 111 Å². The molecule has 1 aliphatic heterocycles. The molecule has 98 valence electrons. The fourth-order valence-electron chi connectivity index (χ4n) is 3.79. The highest BCUT2D eigenvalue weighted by molar-refractivity contribution is 5.25. The van der Waals surface area contributed by atoms with Gasteiger partial charge in [0.2, 0.25) is 0 Å². The molecule has 1 aliphatic carbocycles. The third kappa shape index (κ3) is 2.47. The average molecular weight is 243 g/mol. The molecule has 1 aromatic rings. The topological polar surface area (TPSA) is 12.0 Å². The summed E-state index contributed by atoms with van der Waals surface area (Å²) in [7, 11) is 0. The Bertz CT molecular complexity index is 381. The molecular formula is C17H25N. The van der Waals surface area contributed by atoms with Crippen molar-refractivity contribution >= 4 is 0 Å². The van der Waals surface area contributed by atoms with Gasteiger partial charge in [-0.3, -0.25) is 0 Å². The van der Waals surface area contributed by atoms with Crippen LogP contribution in [0.2, 0.25) is 0 Å². The molecular weight excluding hydrogens is 218 g/mol. The van der Waals surface area contributed by atoms with E-state index in [1.54, 1.807) is 0 Å². The number of hydrogen-bond acceptors (Lipinski definition) is 1. The lowest BCUT2D eigenvalue weighted by Gasteiger charge is -2.34. The molecule has 0 radical (unpaired) electrons. The Hall–Kier alpha value is -0.820. The molecule has 1 N–H and O–H groups in total. The normalized spacial score (nSPS) is 31.3. The number of nitrogens with one attached hydrogen (secondary N) is 1. The Balaban J connectivity index is 1.67. The molecule has 0 aromatic heterocycles. The molecule has 1 aromatic carbocycles. The first-order valence-electron chi connectivity index (χ1n) is 7.71. The Morgan fingerprint density at radius 2 is 1.89 bits per heavy atom. The summed E-state index contributed by atoms with van der Waals surface area (Å²) in [5.41, 5.74) is 2.98. The van der Waals surface area contributed by atoms with Crippen molar-refractivity contribution in [3.05, 3.63) is 35.4 Å². The summed E-state index contributed by atoms with van der Waals surface area (Å²) in [5.74, 6) is 0.973. The van der Waals surface area contributed by atoms with E-state index in [0.29, 0.717) is 6.04 Å². The van der Waals surface area contributed by atoms with Gasteiger partial charge in [-0.2, -0.15) is 0 Å². The van der Waals surface area contributed by atoms with Crippen molar-refractivity contribution in [2.45, 2.75) is 64.0 Å². The van der Waals surface area contributed by atoms with E-state index in [0.717, 1.165) is 12.0 Å². The lowest BCUT2D eigenvalue weighted by atomic mass is 9.87. The number of fused-ring (bicyclic) bond motifs is 1. The van der Waals surface area contributed by atoms with Crippen molar-refractivity contribution in [2.24, 2.45) is 5.92 Å². The molecule has 3 rings (SSSR count). The van der Waals surface area contributed by atoms with Crippen LogP contribution in [-0.2, 0) is 6.42 Å². The smallest absolute Gasteiger partial charge is 0.0322 e. The van der Waals surface area contributed by atoms with Crippen molar-refractivity contribution in [1.82, 2.24) is 5.32 Å². The number of piperidine rings is 1. The maximum Gasteiger partial charge on any atom is 0.0322 e.